The van der Waals surface area contributed by atoms with E-state index in [2.05, 4.69) is 21.7 Å². The highest BCUT2D eigenvalue weighted by molar-refractivity contribution is 7.15. The molecule has 0 N–H and O–H groups in total. The van der Waals surface area contributed by atoms with E-state index in [4.69, 9.17) is 0 Å². The van der Waals surface area contributed by atoms with E-state index >= 15 is 0 Å². The number of anilines is 1. The molecule has 1 saturated heterocycles. The normalized spacial score (nSPS) is 16.1. The van der Waals surface area contributed by atoms with Crippen LogP contribution in [0.1, 0.15) is 11.9 Å². The van der Waals surface area contributed by atoms with Crippen LogP contribution in [0.3, 0.4) is 0 Å². The smallest absolute Gasteiger partial charge is 0.249 e. The molecule has 6 heteroatoms. The maximum Gasteiger partial charge on any atom is 0.249 e. The third kappa shape index (κ3) is 2.63. The summed E-state index contributed by atoms with van der Waals surface area (Å²) >= 11 is 1.59. The molecular formula is C11H16N4OS. The van der Waals surface area contributed by atoms with Crippen LogP contribution in [0.5, 0.6) is 0 Å². The van der Waals surface area contributed by atoms with Crippen LogP contribution in [0.4, 0.5) is 5.13 Å². The molecule has 1 fully saturated rings. The summed E-state index contributed by atoms with van der Waals surface area (Å²) in [5.74, 6) is 0.0538. The van der Waals surface area contributed by atoms with Crippen molar-refractivity contribution in [3.05, 3.63) is 17.2 Å². The van der Waals surface area contributed by atoms with Gasteiger partial charge in [-0.25, -0.2) is 0 Å². The Kier molecular flexibility index (Phi) is 3.42. The van der Waals surface area contributed by atoms with E-state index in [0.717, 1.165) is 36.3 Å². The van der Waals surface area contributed by atoms with Gasteiger partial charge >= 0.3 is 0 Å². The van der Waals surface area contributed by atoms with Crippen LogP contribution in [-0.4, -0.2) is 47.2 Å². The van der Waals surface area contributed by atoms with Crippen molar-refractivity contribution in [3.8, 4) is 0 Å². The summed E-state index contributed by atoms with van der Waals surface area (Å²) in [6, 6.07) is 0. The second-order valence-electron chi connectivity index (χ2n) is 4.16. The Hall–Kier alpha value is -1.43. The number of hydrogen-bond acceptors (Lipinski definition) is 5. The maximum absolute atomic E-state index is 11.7. The lowest BCUT2D eigenvalue weighted by Crippen LogP contribution is -2.49. The molecule has 1 aromatic rings. The Bertz CT molecular complexity index is 434. The summed E-state index contributed by atoms with van der Waals surface area (Å²) in [4.78, 5) is 15.7. The molecule has 1 aliphatic rings. The zero-order valence-electron chi connectivity index (χ0n) is 10.1. The van der Waals surface area contributed by atoms with Crippen LogP contribution in [0.25, 0.3) is 0 Å². The minimum Gasteiger partial charge on any atom is -0.343 e. The summed E-state index contributed by atoms with van der Waals surface area (Å²) < 4.78 is 0. The molecule has 0 unspecified atom stereocenters. The van der Waals surface area contributed by atoms with Crippen LogP contribution in [0.2, 0.25) is 0 Å². The van der Waals surface area contributed by atoms with Gasteiger partial charge in [0.25, 0.3) is 0 Å². The Morgan fingerprint density at radius 1 is 1.29 bits per heavy atom. The predicted octanol–water partition coefficient (Wildman–Crippen LogP) is 1.07. The summed E-state index contributed by atoms with van der Waals surface area (Å²) in [6.07, 6.45) is 0. The zero-order chi connectivity index (χ0) is 12.4. The lowest BCUT2D eigenvalue weighted by atomic mass is 10.2. The molecule has 0 radical (unpaired) electrons. The van der Waals surface area contributed by atoms with Crippen LogP contribution >= 0.6 is 11.3 Å². The summed E-state index contributed by atoms with van der Waals surface area (Å²) in [7, 11) is 0. The predicted molar refractivity (Wildman–Crippen MR) is 68.3 cm³/mol. The Labute approximate surface area is 105 Å². The van der Waals surface area contributed by atoms with Gasteiger partial charge in [0, 0.05) is 31.8 Å². The molecule has 0 aliphatic carbocycles. The first-order valence-electron chi connectivity index (χ1n) is 5.58. The van der Waals surface area contributed by atoms with E-state index in [1.54, 1.807) is 18.3 Å². The lowest BCUT2D eigenvalue weighted by molar-refractivity contribution is -0.127. The van der Waals surface area contributed by atoms with Crippen LogP contribution in [0, 0.1) is 6.92 Å². The topological polar surface area (TPSA) is 49.3 Å². The van der Waals surface area contributed by atoms with E-state index in [1.807, 2.05) is 11.8 Å². The number of amides is 1. The SMILES string of the molecule is C=C(C)C(=O)N1CCN(c2nnc(C)s2)CC1. The molecule has 17 heavy (non-hydrogen) atoms. The third-order valence-corrected chi connectivity index (χ3v) is 3.62. The third-order valence-electron chi connectivity index (χ3n) is 2.72. The number of aromatic nitrogens is 2. The fourth-order valence-electron chi connectivity index (χ4n) is 1.78. The van der Waals surface area contributed by atoms with Gasteiger partial charge in [0.2, 0.25) is 11.0 Å². The van der Waals surface area contributed by atoms with Gasteiger partial charge in [-0.3, -0.25) is 4.79 Å². The first-order chi connectivity index (χ1) is 8.08. The maximum atomic E-state index is 11.7. The van der Waals surface area contributed by atoms with Crippen molar-refractivity contribution in [1.82, 2.24) is 15.1 Å². The quantitative estimate of drug-likeness (QED) is 0.739. The fraction of sp³-hybridized carbons (Fsp3) is 0.545. The summed E-state index contributed by atoms with van der Waals surface area (Å²) in [5, 5.41) is 10.0. The van der Waals surface area contributed by atoms with Gasteiger partial charge in [-0.15, -0.1) is 10.2 Å². The number of carbonyl (C=O) groups excluding carboxylic acids is 1. The summed E-state index contributed by atoms with van der Waals surface area (Å²) in [6.45, 7) is 10.5. The number of hydrogen-bond donors (Lipinski definition) is 0. The Balaban J connectivity index is 1.94. The van der Waals surface area contributed by atoms with Crippen LogP contribution in [-0.2, 0) is 4.79 Å². The number of piperazine rings is 1. The van der Waals surface area contributed by atoms with Crippen molar-refractivity contribution in [2.24, 2.45) is 0 Å². The van der Waals surface area contributed by atoms with Crippen LogP contribution in [0.15, 0.2) is 12.2 Å². The zero-order valence-corrected chi connectivity index (χ0v) is 11.0. The number of nitrogens with zero attached hydrogens (tertiary/aromatic N) is 4. The van der Waals surface area contributed by atoms with Crippen molar-refractivity contribution >= 4 is 22.4 Å². The van der Waals surface area contributed by atoms with Gasteiger partial charge < -0.3 is 9.80 Å². The molecule has 0 aromatic carbocycles. The first kappa shape index (κ1) is 12.0. The molecule has 0 spiro atoms. The van der Waals surface area contributed by atoms with Crippen LogP contribution < -0.4 is 4.90 Å². The average molecular weight is 252 g/mol. The second-order valence-corrected chi connectivity index (χ2v) is 5.32. The van der Waals surface area contributed by atoms with Crippen molar-refractivity contribution in [2.45, 2.75) is 13.8 Å². The highest BCUT2D eigenvalue weighted by Crippen LogP contribution is 2.20. The Morgan fingerprint density at radius 2 is 1.94 bits per heavy atom. The van der Waals surface area contributed by atoms with Gasteiger partial charge in [-0.2, -0.15) is 0 Å². The molecule has 1 amide bonds. The molecule has 0 atom stereocenters. The van der Waals surface area contributed by atoms with E-state index in [-0.39, 0.29) is 5.91 Å². The molecule has 5 nitrogen and oxygen atoms in total. The van der Waals surface area contributed by atoms with Gasteiger partial charge in [0.1, 0.15) is 5.01 Å². The van der Waals surface area contributed by atoms with E-state index < -0.39 is 0 Å². The van der Waals surface area contributed by atoms with E-state index in [0.29, 0.717) is 5.57 Å². The van der Waals surface area contributed by atoms with Gasteiger partial charge in [-0.05, 0) is 13.8 Å². The molecule has 0 bridgehead atoms. The number of rotatable bonds is 2. The Morgan fingerprint density at radius 3 is 2.41 bits per heavy atom. The second kappa shape index (κ2) is 4.83. The standard InChI is InChI=1S/C11H16N4OS/c1-8(2)10(16)14-4-6-15(7-5-14)11-13-12-9(3)17-11/h1,4-7H2,2-3H3. The molecule has 1 aliphatic heterocycles. The molecular weight excluding hydrogens is 236 g/mol. The van der Waals surface area contributed by atoms with E-state index in [1.165, 1.54) is 0 Å². The molecule has 0 saturated carbocycles. The minimum absolute atomic E-state index is 0.0538. The molecule has 2 rings (SSSR count). The van der Waals surface area contributed by atoms with Crippen molar-refractivity contribution in [3.63, 3.8) is 0 Å². The molecule has 2 heterocycles. The molecule has 92 valence electrons. The van der Waals surface area contributed by atoms with E-state index in [9.17, 15) is 4.79 Å². The van der Waals surface area contributed by atoms with Crippen molar-refractivity contribution in [2.75, 3.05) is 31.1 Å². The molecule has 1 aromatic heterocycles. The number of aryl methyl sites for hydroxylation is 1. The fourth-order valence-corrected chi connectivity index (χ4v) is 2.52. The largest absolute Gasteiger partial charge is 0.343 e. The van der Waals surface area contributed by atoms with Crippen molar-refractivity contribution < 1.29 is 4.79 Å². The highest BCUT2D eigenvalue weighted by atomic mass is 32.1. The average Bonchev–Trinajstić information content (AvgIpc) is 2.75. The van der Waals surface area contributed by atoms with Gasteiger partial charge in [-0.1, -0.05) is 17.9 Å². The highest BCUT2D eigenvalue weighted by Gasteiger charge is 2.22. The van der Waals surface area contributed by atoms with Gasteiger partial charge in [0.15, 0.2) is 0 Å². The minimum atomic E-state index is 0.0538. The van der Waals surface area contributed by atoms with Gasteiger partial charge in [0.05, 0.1) is 0 Å². The monoisotopic (exact) mass is 252 g/mol. The number of carbonyl (C=O) groups is 1. The first-order valence-corrected chi connectivity index (χ1v) is 6.39. The summed E-state index contributed by atoms with van der Waals surface area (Å²) in [5.41, 5.74) is 0.602. The van der Waals surface area contributed by atoms with Crippen molar-refractivity contribution in [1.29, 1.82) is 0 Å². The lowest BCUT2D eigenvalue weighted by Gasteiger charge is -2.34.